The summed E-state index contributed by atoms with van der Waals surface area (Å²) >= 11 is 4.31. The normalized spacial score (nSPS) is 23.4. The zero-order valence-corrected chi connectivity index (χ0v) is 13.9. The topological polar surface area (TPSA) is 83.9 Å². The van der Waals surface area contributed by atoms with Crippen molar-refractivity contribution in [2.45, 2.75) is 17.2 Å². The van der Waals surface area contributed by atoms with Crippen molar-refractivity contribution in [3.63, 3.8) is 0 Å². The molecule has 1 aliphatic heterocycles. The van der Waals surface area contributed by atoms with Crippen molar-refractivity contribution in [3.05, 3.63) is 15.9 Å². The molecule has 2 heterocycles. The first-order valence-corrected chi connectivity index (χ1v) is 9.06. The maximum absolute atomic E-state index is 12.7. The highest BCUT2D eigenvalue weighted by Crippen LogP contribution is 2.33. The van der Waals surface area contributed by atoms with Crippen LogP contribution in [0.25, 0.3) is 0 Å². The van der Waals surface area contributed by atoms with Gasteiger partial charge in [-0.15, -0.1) is 11.3 Å². The first kappa shape index (κ1) is 15.9. The zero-order valence-electron chi connectivity index (χ0n) is 10.7. The van der Waals surface area contributed by atoms with Crippen LogP contribution in [0.2, 0.25) is 0 Å². The molecule has 1 aromatic rings. The predicted molar refractivity (Wildman–Crippen MR) is 77.3 cm³/mol. The number of sulfonamides is 1. The lowest BCUT2D eigenvalue weighted by molar-refractivity contribution is -0.142. The van der Waals surface area contributed by atoms with Gasteiger partial charge in [-0.3, -0.25) is 4.79 Å². The average molecular weight is 384 g/mol. The van der Waals surface area contributed by atoms with Crippen LogP contribution >= 0.6 is 27.3 Å². The highest BCUT2D eigenvalue weighted by Gasteiger charge is 2.43. The van der Waals surface area contributed by atoms with Crippen LogP contribution in [0.3, 0.4) is 0 Å². The quantitative estimate of drug-likeness (QED) is 0.834. The lowest BCUT2D eigenvalue weighted by Crippen LogP contribution is -2.46. The molecule has 0 aromatic carbocycles. The second-order valence-corrected chi connectivity index (χ2v) is 8.17. The Morgan fingerprint density at radius 2 is 2.30 bits per heavy atom. The van der Waals surface area contributed by atoms with Gasteiger partial charge in [0.05, 0.1) is 25.2 Å². The fourth-order valence-electron chi connectivity index (χ4n) is 2.22. The van der Waals surface area contributed by atoms with Crippen molar-refractivity contribution >= 4 is 43.3 Å². The summed E-state index contributed by atoms with van der Waals surface area (Å²) in [5.74, 6) is -1.87. The maximum atomic E-state index is 12.7. The number of hydrogen-bond acceptors (Lipinski definition) is 5. The first-order chi connectivity index (χ1) is 9.39. The number of hydrogen-bond donors (Lipinski definition) is 1. The third-order valence-electron chi connectivity index (χ3n) is 3.18. The summed E-state index contributed by atoms with van der Waals surface area (Å²) in [4.78, 5) is 11.2. The zero-order chi connectivity index (χ0) is 14.9. The fraction of sp³-hybridized carbons (Fsp3) is 0.545. The van der Waals surface area contributed by atoms with Gasteiger partial charge in [-0.05, 0) is 27.4 Å². The van der Waals surface area contributed by atoms with E-state index in [0.29, 0.717) is 4.47 Å². The minimum absolute atomic E-state index is 0.0393. The Hall–Kier alpha value is -0.480. The minimum Gasteiger partial charge on any atom is -0.481 e. The molecule has 0 radical (unpaired) electrons. The van der Waals surface area contributed by atoms with Crippen LogP contribution < -0.4 is 0 Å². The molecule has 1 N–H and O–H groups in total. The minimum atomic E-state index is -3.73. The standard InChI is InChI=1S/C11H14BrNO5S2/c1-2-13(9-6-18-5-7(9)10(14)15)20(16,17)11-8(12)3-4-19-11/h3-4,7,9H,2,5-6H2,1H3,(H,14,15). The number of carboxylic acid groups (broad SMARTS) is 1. The van der Waals surface area contributed by atoms with E-state index in [9.17, 15) is 18.3 Å². The predicted octanol–water partition coefficient (Wildman–Crippen LogP) is 1.62. The van der Waals surface area contributed by atoms with Crippen LogP contribution in [-0.4, -0.2) is 49.6 Å². The average Bonchev–Trinajstić information content (AvgIpc) is 2.98. The van der Waals surface area contributed by atoms with E-state index in [1.807, 2.05) is 0 Å². The number of likely N-dealkylation sites (N-methyl/N-ethyl adjacent to an activating group) is 1. The number of halogens is 1. The summed E-state index contributed by atoms with van der Waals surface area (Å²) < 4.78 is 32.4. The summed E-state index contributed by atoms with van der Waals surface area (Å²) in [6.45, 7) is 2.03. The molecule has 1 saturated heterocycles. The Bertz CT molecular complexity index is 600. The molecule has 0 bridgehead atoms. The van der Waals surface area contributed by atoms with E-state index in [4.69, 9.17) is 4.74 Å². The highest BCUT2D eigenvalue weighted by molar-refractivity contribution is 9.10. The van der Waals surface area contributed by atoms with Crippen molar-refractivity contribution in [2.24, 2.45) is 5.92 Å². The second kappa shape index (κ2) is 6.10. The molecule has 2 unspecified atom stereocenters. The van der Waals surface area contributed by atoms with Gasteiger partial charge in [-0.1, -0.05) is 6.92 Å². The van der Waals surface area contributed by atoms with E-state index < -0.39 is 28.0 Å². The molecule has 0 amide bonds. The van der Waals surface area contributed by atoms with Gasteiger partial charge in [0.2, 0.25) is 0 Å². The van der Waals surface area contributed by atoms with Crippen LogP contribution in [0.5, 0.6) is 0 Å². The van der Waals surface area contributed by atoms with Crippen molar-refractivity contribution in [1.29, 1.82) is 0 Å². The molecule has 1 aliphatic rings. The van der Waals surface area contributed by atoms with Gasteiger partial charge in [0, 0.05) is 11.0 Å². The third kappa shape index (κ3) is 2.77. The summed E-state index contributed by atoms with van der Waals surface area (Å²) in [5.41, 5.74) is 0. The molecule has 9 heteroatoms. The van der Waals surface area contributed by atoms with Gasteiger partial charge in [0.1, 0.15) is 4.21 Å². The number of aliphatic carboxylic acids is 1. The Labute approximate surface area is 129 Å². The number of nitrogens with zero attached hydrogens (tertiary/aromatic N) is 1. The van der Waals surface area contributed by atoms with Gasteiger partial charge < -0.3 is 9.84 Å². The van der Waals surface area contributed by atoms with Gasteiger partial charge in [0.15, 0.2) is 0 Å². The maximum Gasteiger partial charge on any atom is 0.310 e. The highest BCUT2D eigenvalue weighted by atomic mass is 79.9. The molecular formula is C11H14BrNO5S2. The van der Waals surface area contributed by atoms with E-state index in [1.165, 1.54) is 4.31 Å². The van der Waals surface area contributed by atoms with E-state index in [-0.39, 0.29) is 24.0 Å². The van der Waals surface area contributed by atoms with Gasteiger partial charge >= 0.3 is 5.97 Å². The molecule has 0 spiro atoms. The summed E-state index contributed by atoms with van der Waals surface area (Å²) in [7, 11) is -3.73. The molecular weight excluding hydrogens is 370 g/mol. The molecule has 0 aliphatic carbocycles. The van der Waals surface area contributed by atoms with Crippen molar-refractivity contribution in [3.8, 4) is 0 Å². The Morgan fingerprint density at radius 3 is 2.80 bits per heavy atom. The molecule has 0 saturated carbocycles. The van der Waals surface area contributed by atoms with Gasteiger partial charge in [-0.2, -0.15) is 4.31 Å². The molecule has 2 rings (SSSR count). The first-order valence-electron chi connectivity index (χ1n) is 5.95. The molecule has 112 valence electrons. The number of thiophene rings is 1. The lowest BCUT2D eigenvalue weighted by atomic mass is 10.0. The van der Waals surface area contributed by atoms with Gasteiger partial charge in [-0.25, -0.2) is 8.42 Å². The summed E-state index contributed by atoms with van der Waals surface area (Å²) in [5, 5.41) is 10.8. The number of carboxylic acids is 1. The molecule has 1 aromatic heterocycles. The second-order valence-electron chi connectivity index (χ2n) is 4.31. The Balaban J connectivity index is 2.37. The number of carbonyl (C=O) groups is 1. The smallest absolute Gasteiger partial charge is 0.310 e. The summed E-state index contributed by atoms with van der Waals surface area (Å²) in [6.07, 6.45) is 0. The third-order valence-corrected chi connectivity index (χ3v) is 7.82. The lowest BCUT2D eigenvalue weighted by Gasteiger charge is -2.27. The van der Waals surface area contributed by atoms with E-state index in [0.717, 1.165) is 11.3 Å². The van der Waals surface area contributed by atoms with Crippen molar-refractivity contribution in [2.75, 3.05) is 19.8 Å². The van der Waals surface area contributed by atoms with Crippen LogP contribution in [0, 0.1) is 5.92 Å². The monoisotopic (exact) mass is 383 g/mol. The Morgan fingerprint density at radius 1 is 1.60 bits per heavy atom. The van der Waals surface area contributed by atoms with E-state index >= 15 is 0 Å². The van der Waals surface area contributed by atoms with E-state index in [2.05, 4.69) is 15.9 Å². The van der Waals surface area contributed by atoms with E-state index in [1.54, 1.807) is 18.4 Å². The van der Waals surface area contributed by atoms with Crippen LogP contribution in [-0.2, 0) is 19.6 Å². The number of rotatable bonds is 5. The van der Waals surface area contributed by atoms with Crippen molar-refractivity contribution in [1.82, 2.24) is 4.31 Å². The fourth-order valence-corrected chi connectivity index (χ4v) is 6.30. The molecule has 20 heavy (non-hydrogen) atoms. The molecule has 1 fully saturated rings. The number of ether oxygens (including phenoxy) is 1. The SMILES string of the molecule is CCN(C1COCC1C(=O)O)S(=O)(=O)c1sccc1Br. The van der Waals surface area contributed by atoms with Gasteiger partial charge in [0.25, 0.3) is 10.0 Å². The van der Waals surface area contributed by atoms with Crippen LogP contribution in [0.1, 0.15) is 6.92 Å². The van der Waals surface area contributed by atoms with Crippen LogP contribution in [0.4, 0.5) is 0 Å². The van der Waals surface area contributed by atoms with Crippen LogP contribution in [0.15, 0.2) is 20.1 Å². The largest absolute Gasteiger partial charge is 0.481 e. The molecule has 2 atom stereocenters. The summed E-state index contributed by atoms with van der Waals surface area (Å²) in [6, 6.07) is 0.988. The Kier molecular flexibility index (Phi) is 4.85. The molecule has 6 nitrogen and oxygen atoms in total. The van der Waals surface area contributed by atoms with Crippen molar-refractivity contribution < 1.29 is 23.1 Å².